The lowest BCUT2D eigenvalue weighted by atomic mass is 9.44. The lowest BCUT2D eigenvalue weighted by Crippen LogP contribution is -2.54. The van der Waals surface area contributed by atoms with E-state index in [1.807, 2.05) is 12.3 Å². The topological polar surface area (TPSA) is 69.6 Å². The number of nitrogens with zero attached hydrogens (tertiary/aromatic N) is 4. The number of amides is 1. The number of rotatable bonds is 5. The third-order valence-corrected chi connectivity index (χ3v) is 12.8. The Labute approximate surface area is 230 Å². The smallest absolute Gasteiger partial charge is 0.222 e. The highest BCUT2D eigenvalue weighted by atomic mass is 16.3. The van der Waals surface area contributed by atoms with Gasteiger partial charge in [-0.3, -0.25) is 4.79 Å². The van der Waals surface area contributed by atoms with Gasteiger partial charge in [0.2, 0.25) is 5.91 Å². The quantitative estimate of drug-likeness (QED) is 0.548. The van der Waals surface area contributed by atoms with Crippen LogP contribution >= 0.6 is 0 Å². The van der Waals surface area contributed by atoms with Crippen LogP contribution in [0.2, 0.25) is 0 Å². The van der Waals surface area contributed by atoms with E-state index in [0.29, 0.717) is 29.1 Å². The molecule has 210 valence electrons. The molecule has 1 aliphatic heterocycles. The lowest BCUT2D eigenvalue weighted by Gasteiger charge is -2.61. The maximum atomic E-state index is 13.2. The van der Waals surface area contributed by atoms with Gasteiger partial charge in [-0.15, -0.1) is 0 Å². The largest absolute Gasteiger partial charge is 0.393 e. The first-order valence-electron chi connectivity index (χ1n) is 15.8. The molecule has 1 N–H and O–H groups in total. The molecular formula is C32H50N4O2. The summed E-state index contributed by atoms with van der Waals surface area (Å²) in [6.45, 7) is 11.0. The summed E-state index contributed by atoms with van der Waals surface area (Å²) in [7, 11) is 0. The number of carbonyl (C=O) groups is 1. The summed E-state index contributed by atoms with van der Waals surface area (Å²) in [4.78, 5) is 17.6. The molecule has 0 aromatic carbocycles. The predicted molar refractivity (Wildman–Crippen MR) is 150 cm³/mol. The van der Waals surface area contributed by atoms with Crippen molar-refractivity contribution in [1.29, 1.82) is 0 Å². The van der Waals surface area contributed by atoms with Crippen LogP contribution in [-0.2, 0) is 4.79 Å². The standard InChI is InChI=1S/C32H50N4O2/c1-22(4-9-30(38)36-18-16-35(17-19-36)24-12-15-33-34-21-24)27-7-8-28-26-6-5-23-20-25(37)10-13-31(23,2)29(26)11-14-32(27,28)3/h12,15,21-23,25-29,37H,4-11,13-14,16-20H2,1-3H3/t22-,23+,25+,26+,27-,28+,29+,31+,32-/m1/s1. The zero-order chi connectivity index (χ0) is 26.5. The van der Waals surface area contributed by atoms with Crippen molar-refractivity contribution in [2.75, 3.05) is 31.1 Å². The summed E-state index contributed by atoms with van der Waals surface area (Å²) < 4.78 is 0. The molecule has 1 saturated heterocycles. The number of hydrogen-bond acceptors (Lipinski definition) is 5. The fourth-order valence-corrected chi connectivity index (χ4v) is 10.6. The summed E-state index contributed by atoms with van der Waals surface area (Å²) in [5, 5.41) is 18.2. The molecule has 0 unspecified atom stereocenters. The molecule has 6 heteroatoms. The van der Waals surface area contributed by atoms with Crippen LogP contribution in [0.1, 0.15) is 91.4 Å². The van der Waals surface area contributed by atoms with E-state index in [0.717, 1.165) is 80.7 Å². The minimum atomic E-state index is -0.0551. The zero-order valence-corrected chi connectivity index (χ0v) is 24.0. The number of fused-ring (bicyclic) bond motifs is 5. The van der Waals surface area contributed by atoms with E-state index in [1.165, 1.54) is 44.9 Å². The summed E-state index contributed by atoms with van der Waals surface area (Å²) >= 11 is 0. The Hall–Kier alpha value is -1.69. The summed E-state index contributed by atoms with van der Waals surface area (Å²) in [5.41, 5.74) is 2.01. The monoisotopic (exact) mass is 522 g/mol. The molecule has 6 nitrogen and oxygen atoms in total. The summed E-state index contributed by atoms with van der Waals surface area (Å²) in [6, 6.07) is 2.00. The van der Waals surface area contributed by atoms with Crippen molar-refractivity contribution in [3.8, 4) is 0 Å². The van der Waals surface area contributed by atoms with E-state index in [1.54, 1.807) is 6.20 Å². The Bertz CT molecular complexity index is 981. The minimum Gasteiger partial charge on any atom is -0.393 e. The number of aliphatic hydroxyl groups is 1. The van der Waals surface area contributed by atoms with Crippen LogP contribution in [0.4, 0.5) is 5.69 Å². The highest BCUT2D eigenvalue weighted by Crippen LogP contribution is 2.68. The second-order valence-electron chi connectivity index (χ2n) is 14.3. The van der Waals surface area contributed by atoms with Gasteiger partial charge in [0.1, 0.15) is 0 Å². The molecule has 0 bridgehead atoms. The number of aromatic nitrogens is 2. The molecule has 1 aromatic heterocycles. The van der Waals surface area contributed by atoms with Gasteiger partial charge in [-0.2, -0.15) is 10.2 Å². The van der Waals surface area contributed by atoms with Crippen LogP contribution < -0.4 is 4.90 Å². The van der Waals surface area contributed by atoms with E-state index in [4.69, 9.17) is 0 Å². The molecule has 6 rings (SSSR count). The first-order valence-corrected chi connectivity index (χ1v) is 15.8. The maximum Gasteiger partial charge on any atom is 0.222 e. The van der Waals surface area contributed by atoms with Crippen LogP contribution in [0.5, 0.6) is 0 Å². The van der Waals surface area contributed by atoms with Crippen LogP contribution in [0.25, 0.3) is 0 Å². The highest BCUT2D eigenvalue weighted by Gasteiger charge is 2.60. The Balaban J connectivity index is 1.03. The third-order valence-electron chi connectivity index (χ3n) is 12.8. The Morgan fingerprint density at radius 3 is 2.53 bits per heavy atom. The second-order valence-corrected chi connectivity index (χ2v) is 14.3. The lowest BCUT2D eigenvalue weighted by molar-refractivity contribution is -0.133. The molecule has 38 heavy (non-hydrogen) atoms. The van der Waals surface area contributed by atoms with Gasteiger partial charge in [-0.05, 0) is 117 Å². The van der Waals surface area contributed by atoms with Crippen molar-refractivity contribution in [2.45, 2.75) is 97.5 Å². The third kappa shape index (κ3) is 4.57. The number of aliphatic hydroxyl groups excluding tert-OH is 1. The average molecular weight is 523 g/mol. The van der Waals surface area contributed by atoms with Crippen LogP contribution in [0.3, 0.4) is 0 Å². The van der Waals surface area contributed by atoms with E-state index in [2.05, 4.69) is 40.8 Å². The van der Waals surface area contributed by atoms with Crippen molar-refractivity contribution in [1.82, 2.24) is 15.1 Å². The predicted octanol–water partition coefficient (Wildman–Crippen LogP) is 5.56. The van der Waals surface area contributed by atoms with Gasteiger partial charge in [0, 0.05) is 32.6 Å². The number of piperazine rings is 1. The molecular weight excluding hydrogens is 472 g/mol. The molecule has 0 radical (unpaired) electrons. The molecule has 5 fully saturated rings. The molecule has 5 aliphatic rings. The van der Waals surface area contributed by atoms with Crippen molar-refractivity contribution in [3.63, 3.8) is 0 Å². The summed E-state index contributed by atoms with van der Waals surface area (Å²) in [6.07, 6.45) is 16.8. The first kappa shape index (κ1) is 26.5. The zero-order valence-electron chi connectivity index (χ0n) is 24.0. The Kier molecular flexibility index (Phi) is 7.24. The van der Waals surface area contributed by atoms with Crippen LogP contribution in [0.15, 0.2) is 18.5 Å². The number of hydrogen-bond donors (Lipinski definition) is 1. The minimum absolute atomic E-state index is 0.0551. The number of carbonyl (C=O) groups excluding carboxylic acids is 1. The molecule has 1 amide bonds. The van der Waals surface area contributed by atoms with E-state index in [9.17, 15) is 9.90 Å². The molecule has 9 atom stereocenters. The SMILES string of the molecule is C[C@H](CCC(=O)N1CCN(c2ccnnc2)CC1)[C@H]1CC[C@H]2[C@@H]3CC[C@H]4C[C@@H](O)CC[C@]4(C)[C@H]3CC[C@]12C. The molecule has 2 heterocycles. The van der Waals surface area contributed by atoms with Gasteiger partial charge in [-0.1, -0.05) is 20.8 Å². The van der Waals surface area contributed by atoms with Crippen molar-refractivity contribution < 1.29 is 9.90 Å². The van der Waals surface area contributed by atoms with Gasteiger partial charge >= 0.3 is 0 Å². The Morgan fingerprint density at radius 1 is 1.00 bits per heavy atom. The van der Waals surface area contributed by atoms with Crippen LogP contribution in [-0.4, -0.2) is 58.4 Å². The first-order chi connectivity index (χ1) is 18.3. The maximum absolute atomic E-state index is 13.2. The molecule has 4 aliphatic carbocycles. The summed E-state index contributed by atoms with van der Waals surface area (Å²) in [5.74, 6) is 5.08. The van der Waals surface area contributed by atoms with Gasteiger partial charge in [-0.25, -0.2) is 0 Å². The number of anilines is 1. The molecule has 1 aromatic rings. The van der Waals surface area contributed by atoms with Crippen molar-refractivity contribution in [3.05, 3.63) is 18.5 Å². The van der Waals surface area contributed by atoms with E-state index >= 15 is 0 Å². The van der Waals surface area contributed by atoms with Gasteiger partial charge < -0.3 is 14.9 Å². The fourth-order valence-electron chi connectivity index (χ4n) is 10.6. The van der Waals surface area contributed by atoms with Crippen molar-refractivity contribution in [2.24, 2.45) is 46.3 Å². The second kappa shape index (κ2) is 10.4. The molecule has 0 spiro atoms. The van der Waals surface area contributed by atoms with E-state index < -0.39 is 0 Å². The van der Waals surface area contributed by atoms with Gasteiger partial charge in [0.25, 0.3) is 0 Å². The van der Waals surface area contributed by atoms with Gasteiger partial charge in [0.15, 0.2) is 0 Å². The van der Waals surface area contributed by atoms with E-state index in [-0.39, 0.29) is 6.10 Å². The molecule has 4 saturated carbocycles. The fraction of sp³-hybridized carbons (Fsp3) is 0.844. The van der Waals surface area contributed by atoms with Gasteiger partial charge in [0.05, 0.1) is 24.2 Å². The van der Waals surface area contributed by atoms with Crippen LogP contribution in [0, 0.1) is 46.3 Å². The van der Waals surface area contributed by atoms with Crippen molar-refractivity contribution >= 4 is 11.6 Å². The normalized spacial score (nSPS) is 41.7. The average Bonchev–Trinajstić information content (AvgIpc) is 3.30. The highest BCUT2D eigenvalue weighted by molar-refractivity contribution is 5.76. The Morgan fingerprint density at radius 2 is 1.76 bits per heavy atom.